The van der Waals surface area contributed by atoms with Crippen molar-refractivity contribution in [3.63, 3.8) is 0 Å². The molecule has 5 fully saturated rings. The Kier molecular flexibility index (Phi) is 3.23. The summed E-state index contributed by atoms with van der Waals surface area (Å²) in [5, 5.41) is 0. The van der Waals surface area contributed by atoms with Crippen LogP contribution in [0.15, 0.2) is 0 Å². The Bertz CT molecular complexity index is 648. The van der Waals surface area contributed by atoms with Crippen LogP contribution in [0, 0.1) is 38.9 Å². The molecule has 2 spiro atoms. The number of hydrogen-bond acceptors (Lipinski definition) is 4. The molecule has 5 aliphatic carbocycles. The number of rotatable bonds is 0. The van der Waals surface area contributed by atoms with Crippen LogP contribution in [-0.2, 0) is 0 Å². The van der Waals surface area contributed by atoms with Crippen LogP contribution in [-0.4, -0.2) is 24.2 Å². The predicted octanol–water partition coefficient (Wildman–Crippen LogP) is 2.34. The Labute approximate surface area is 159 Å². The minimum Gasteiger partial charge on any atom is -0.327 e. The van der Waals surface area contributed by atoms with Crippen LogP contribution in [0.25, 0.3) is 0 Å². The van der Waals surface area contributed by atoms with Crippen molar-refractivity contribution < 1.29 is 0 Å². The third kappa shape index (κ3) is 1.61. The molecule has 4 heteroatoms. The van der Waals surface area contributed by atoms with Crippen molar-refractivity contribution in [1.82, 2.24) is 0 Å². The molecule has 0 radical (unpaired) electrons. The van der Waals surface area contributed by atoms with E-state index < -0.39 is 0 Å². The maximum Gasteiger partial charge on any atom is 0.0252 e. The molecule has 5 rings (SSSR count). The summed E-state index contributed by atoms with van der Waals surface area (Å²) < 4.78 is 0. The van der Waals surface area contributed by atoms with E-state index in [-0.39, 0.29) is 40.4 Å². The predicted molar refractivity (Wildman–Crippen MR) is 106 cm³/mol. The first-order valence-electron chi connectivity index (χ1n) is 11.0. The molecule has 26 heavy (non-hydrogen) atoms. The van der Waals surface area contributed by atoms with E-state index in [0.717, 1.165) is 19.3 Å². The quantitative estimate of drug-likeness (QED) is 0.532. The van der Waals surface area contributed by atoms with Gasteiger partial charge in [0.05, 0.1) is 0 Å². The first-order chi connectivity index (χ1) is 12.0. The SMILES string of the molecule is CC1(C)C(N)CCC23CC24CCC2(C)C(N)C(N)CC2(C)C4CC(N)C13. The third-order valence-corrected chi connectivity index (χ3v) is 11.4. The lowest BCUT2D eigenvalue weighted by atomic mass is 9.41. The lowest BCUT2D eigenvalue weighted by Crippen LogP contribution is -2.64. The number of nitrogens with two attached hydrogens (primary N) is 4. The summed E-state index contributed by atoms with van der Waals surface area (Å²) in [6, 6.07) is 0.824. The molecular formula is C22H40N4. The molecule has 10 atom stereocenters. The van der Waals surface area contributed by atoms with Crippen LogP contribution in [0.4, 0.5) is 0 Å². The van der Waals surface area contributed by atoms with Crippen molar-refractivity contribution in [2.45, 2.75) is 96.8 Å². The van der Waals surface area contributed by atoms with E-state index in [2.05, 4.69) is 27.7 Å². The highest BCUT2D eigenvalue weighted by molar-refractivity contribution is 5.33. The second kappa shape index (κ2) is 4.69. The van der Waals surface area contributed by atoms with Gasteiger partial charge in [0, 0.05) is 24.2 Å². The summed E-state index contributed by atoms with van der Waals surface area (Å²) in [6.45, 7) is 9.74. The van der Waals surface area contributed by atoms with Crippen molar-refractivity contribution in [2.24, 2.45) is 61.8 Å². The van der Waals surface area contributed by atoms with E-state index in [1.807, 2.05) is 0 Å². The molecule has 0 aromatic carbocycles. The van der Waals surface area contributed by atoms with Gasteiger partial charge in [-0.1, -0.05) is 27.7 Å². The van der Waals surface area contributed by atoms with Crippen molar-refractivity contribution in [3.05, 3.63) is 0 Å². The average molecular weight is 361 g/mol. The molecule has 0 bridgehead atoms. The minimum atomic E-state index is 0.129. The zero-order chi connectivity index (χ0) is 18.9. The fourth-order valence-corrected chi connectivity index (χ4v) is 9.78. The third-order valence-electron chi connectivity index (χ3n) is 11.4. The van der Waals surface area contributed by atoms with Gasteiger partial charge in [-0.25, -0.2) is 0 Å². The van der Waals surface area contributed by atoms with E-state index in [9.17, 15) is 0 Å². The highest BCUT2D eigenvalue weighted by Crippen LogP contribution is 2.88. The Morgan fingerprint density at radius 2 is 1.46 bits per heavy atom. The molecule has 0 aromatic heterocycles. The smallest absolute Gasteiger partial charge is 0.0252 e. The maximum absolute atomic E-state index is 6.98. The summed E-state index contributed by atoms with van der Waals surface area (Å²) >= 11 is 0. The fraction of sp³-hybridized carbons (Fsp3) is 1.00. The van der Waals surface area contributed by atoms with Gasteiger partial charge in [0.25, 0.3) is 0 Å². The summed E-state index contributed by atoms with van der Waals surface area (Å²) in [5.74, 6) is 1.26. The Morgan fingerprint density at radius 3 is 2.15 bits per heavy atom. The first kappa shape index (κ1) is 17.9. The van der Waals surface area contributed by atoms with E-state index in [1.165, 1.54) is 25.7 Å². The molecule has 8 N–H and O–H groups in total. The van der Waals surface area contributed by atoms with Gasteiger partial charge in [0.1, 0.15) is 0 Å². The number of fused-ring (bicyclic) bond motifs is 2. The van der Waals surface area contributed by atoms with E-state index in [1.54, 1.807) is 0 Å². The highest BCUT2D eigenvalue weighted by Gasteiger charge is 2.83. The number of hydrogen-bond donors (Lipinski definition) is 4. The second-order valence-electron chi connectivity index (χ2n) is 12.1. The molecule has 0 aliphatic heterocycles. The topological polar surface area (TPSA) is 104 Å². The molecule has 5 saturated carbocycles. The summed E-state index contributed by atoms with van der Waals surface area (Å²) in [6.07, 6.45) is 8.63. The van der Waals surface area contributed by atoms with Gasteiger partial charge in [-0.15, -0.1) is 0 Å². The van der Waals surface area contributed by atoms with Crippen LogP contribution in [0.1, 0.15) is 72.6 Å². The van der Waals surface area contributed by atoms with Gasteiger partial charge in [0.15, 0.2) is 0 Å². The van der Waals surface area contributed by atoms with Gasteiger partial charge in [0.2, 0.25) is 0 Å². The average Bonchev–Trinajstić information content (AvgIpc) is 3.16. The van der Waals surface area contributed by atoms with Crippen molar-refractivity contribution >= 4 is 0 Å². The van der Waals surface area contributed by atoms with Crippen LogP contribution >= 0.6 is 0 Å². The molecule has 148 valence electrons. The van der Waals surface area contributed by atoms with Gasteiger partial charge in [-0.05, 0) is 83.9 Å². The fourth-order valence-electron chi connectivity index (χ4n) is 9.78. The van der Waals surface area contributed by atoms with E-state index in [0.29, 0.717) is 22.7 Å². The summed E-state index contributed by atoms with van der Waals surface area (Å²) in [7, 11) is 0. The van der Waals surface area contributed by atoms with Crippen molar-refractivity contribution in [1.29, 1.82) is 0 Å². The van der Waals surface area contributed by atoms with Crippen molar-refractivity contribution in [3.8, 4) is 0 Å². The van der Waals surface area contributed by atoms with Gasteiger partial charge >= 0.3 is 0 Å². The Hall–Kier alpha value is -0.160. The monoisotopic (exact) mass is 360 g/mol. The Morgan fingerprint density at radius 1 is 0.769 bits per heavy atom. The van der Waals surface area contributed by atoms with Crippen molar-refractivity contribution in [2.75, 3.05) is 0 Å². The van der Waals surface area contributed by atoms with Gasteiger partial charge < -0.3 is 22.9 Å². The molecule has 5 aliphatic rings. The second-order valence-corrected chi connectivity index (χ2v) is 12.1. The molecule has 0 heterocycles. The van der Waals surface area contributed by atoms with E-state index in [4.69, 9.17) is 22.9 Å². The zero-order valence-electron chi connectivity index (χ0n) is 17.2. The molecule has 4 nitrogen and oxygen atoms in total. The summed E-state index contributed by atoms with van der Waals surface area (Å²) in [4.78, 5) is 0. The van der Waals surface area contributed by atoms with Crippen LogP contribution in [0.3, 0.4) is 0 Å². The standard InChI is InChI=1S/C22H40N4/c1-18(2)15(25)5-6-22-11-21(22)8-7-19(3)17(26)13(24)10-20(19,4)14(21)9-12(23)16(18)22/h12-17H,5-11,23-26H2,1-4H3. The minimum absolute atomic E-state index is 0.129. The Balaban J connectivity index is 1.60. The lowest BCUT2D eigenvalue weighted by molar-refractivity contribution is -0.140. The lowest BCUT2D eigenvalue weighted by Gasteiger charge is -2.64. The molecule has 0 aromatic rings. The first-order valence-corrected chi connectivity index (χ1v) is 11.0. The largest absolute Gasteiger partial charge is 0.327 e. The van der Waals surface area contributed by atoms with Gasteiger partial charge in [-0.3, -0.25) is 0 Å². The van der Waals surface area contributed by atoms with E-state index >= 15 is 0 Å². The zero-order valence-corrected chi connectivity index (χ0v) is 17.2. The summed E-state index contributed by atoms with van der Waals surface area (Å²) in [5.41, 5.74) is 28.3. The van der Waals surface area contributed by atoms with Crippen LogP contribution in [0.5, 0.6) is 0 Å². The van der Waals surface area contributed by atoms with Crippen LogP contribution < -0.4 is 22.9 Å². The van der Waals surface area contributed by atoms with Gasteiger partial charge in [-0.2, -0.15) is 0 Å². The molecule has 10 unspecified atom stereocenters. The molecule has 0 saturated heterocycles. The molecular weight excluding hydrogens is 320 g/mol. The van der Waals surface area contributed by atoms with Crippen LogP contribution in [0.2, 0.25) is 0 Å². The maximum atomic E-state index is 6.98. The normalized spacial score (nSPS) is 65.5. The molecule has 0 amide bonds. The highest BCUT2D eigenvalue weighted by atomic mass is 15.0.